The van der Waals surface area contributed by atoms with Crippen molar-refractivity contribution in [2.24, 2.45) is 23.7 Å². The fraction of sp³-hybridized carbons (Fsp3) is 1.00. The first kappa shape index (κ1) is 13.9. The highest BCUT2D eigenvalue weighted by atomic mass is 15.2. The standard InChI is InChI=1S/C17H32N2/c1-13-7-9-14(10-8-13)16-11-18-17(19-12-16)15-5-3-2-4-6-15/h13-19H,2-12H2,1H3. The van der Waals surface area contributed by atoms with Gasteiger partial charge in [-0.25, -0.2) is 0 Å². The van der Waals surface area contributed by atoms with Crippen LogP contribution in [0.15, 0.2) is 0 Å². The minimum Gasteiger partial charge on any atom is -0.301 e. The van der Waals surface area contributed by atoms with E-state index < -0.39 is 0 Å². The van der Waals surface area contributed by atoms with Gasteiger partial charge in [0.05, 0.1) is 6.17 Å². The largest absolute Gasteiger partial charge is 0.301 e. The van der Waals surface area contributed by atoms with Crippen LogP contribution in [-0.2, 0) is 0 Å². The van der Waals surface area contributed by atoms with Crippen molar-refractivity contribution in [2.45, 2.75) is 70.9 Å². The molecule has 2 nitrogen and oxygen atoms in total. The molecule has 1 heterocycles. The highest BCUT2D eigenvalue weighted by Gasteiger charge is 2.32. The Labute approximate surface area is 119 Å². The third-order valence-electron chi connectivity index (χ3n) is 6.05. The lowest BCUT2D eigenvalue weighted by atomic mass is 9.75. The molecule has 0 aromatic carbocycles. The van der Waals surface area contributed by atoms with Crippen LogP contribution in [0.2, 0.25) is 0 Å². The summed E-state index contributed by atoms with van der Waals surface area (Å²) in [6.45, 7) is 4.97. The molecule has 3 aliphatic rings. The lowest BCUT2D eigenvalue weighted by Crippen LogP contribution is -2.57. The van der Waals surface area contributed by atoms with Gasteiger partial charge < -0.3 is 10.6 Å². The SMILES string of the molecule is CC1CCC(C2CNC(C3CCCCC3)NC2)CC1. The summed E-state index contributed by atoms with van der Waals surface area (Å²) in [7, 11) is 0. The second kappa shape index (κ2) is 6.58. The maximum atomic E-state index is 3.84. The Morgan fingerprint density at radius 3 is 1.89 bits per heavy atom. The first-order valence-corrected chi connectivity index (χ1v) is 8.79. The Hall–Kier alpha value is -0.0800. The van der Waals surface area contributed by atoms with E-state index in [4.69, 9.17) is 0 Å². The molecule has 0 amide bonds. The summed E-state index contributed by atoms with van der Waals surface area (Å²) in [5.74, 6) is 3.77. The molecular weight excluding hydrogens is 232 g/mol. The molecule has 0 atom stereocenters. The van der Waals surface area contributed by atoms with Crippen molar-refractivity contribution in [2.75, 3.05) is 13.1 Å². The molecule has 0 radical (unpaired) electrons. The molecule has 2 aliphatic carbocycles. The van der Waals surface area contributed by atoms with E-state index in [0.29, 0.717) is 6.17 Å². The second-order valence-corrected chi connectivity index (χ2v) is 7.47. The third kappa shape index (κ3) is 3.52. The second-order valence-electron chi connectivity index (χ2n) is 7.47. The van der Waals surface area contributed by atoms with Crippen LogP contribution < -0.4 is 10.6 Å². The summed E-state index contributed by atoms with van der Waals surface area (Å²) < 4.78 is 0. The molecule has 0 bridgehead atoms. The van der Waals surface area contributed by atoms with E-state index in [0.717, 1.165) is 23.7 Å². The van der Waals surface area contributed by atoms with Crippen LogP contribution >= 0.6 is 0 Å². The van der Waals surface area contributed by atoms with Crippen LogP contribution in [0.3, 0.4) is 0 Å². The fourth-order valence-corrected chi connectivity index (χ4v) is 4.59. The zero-order valence-corrected chi connectivity index (χ0v) is 12.7. The van der Waals surface area contributed by atoms with Gasteiger partial charge in [0.1, 0.15) is 0 Å². The molecule has 19 heavy (non-hydrogen) atoms. The molecule has 2 N–H and O–H groups in total. The van der Waals surface area contributed by atoms with Gasteiger partial charge >= 0.3 is 0 Å². The van der Waals surface area contributed by atoms with Crippen LogP contribution in [0.5, 0.6) is 0 Å². The molecule has 0 aromatic heterocycles. The topological polar surface area (TPSA) is 24.1 Å². The van der Waals surface area contributed by atoms with Crippen LogP contribution in [0, 0.1) is 23.7 Å². The molecular formula is C17H32N2. The Morgan fingerprint density at radius 2 is 1.26 bits per heavy atom. The average Bonchev–Trinajstić information content (AvgIpc) is 2.49. The van der Waals surface area contributed by atoms with Crippen molar-refractivity contribution in [3.05, 3.63) is 0 Å². The molecule has 0 spiro atoms. The van der Waals surface area contributed by atoms with Crippen molar-refractivity contribution in [1.29, 1.82) is 0 Å². The summed E-state index contributed by atoms with van der Waals surface area (Å²) in [5.41, 5.74) is 0. The Kier molecular flexibility index (Phi) is 4.81. The molecule has 2 heteroatoms. The minimum atomic E-state index is 0.624. The van der Waals surface area contributed by atoms with Gasteiger partial charge in [0.25, 0.3) is 0 Å². The predicted octanol–water partition coefficient (Wildman–Crippen LogP) is 3.53. The van der Waals surface area contributed by atoms with Gasteiger partial charge in [0.2, 0.25) is 0 Å². The van der Waals surface area contributed by atoms with E-state index >= 15 is 0 Å². The molecule has 1 saturated heterocycles. The Balaban J connectivity index is 1.44. The minimum absolute atomic E-state index is 0.624. The van der Waals surface area contributed by atoms with Crippen LogP contribution in [-0.4, -0.2) is 19.3 Å². The highest BCUT2D eigenvalue weighted by Crippen LogP contribution is 2.34. The lowest BCUT2D eigenvalue weighted by Gasteiger charge is -2.41. The van der Waals surface area contributed by atoms with Crippen LogP contribution in [0.25, 0.3) is 0 Å². The Bertz CT molecular complexity index is 256. The summed E-state index contributed by atoms with van der Waals surface area (Å²) in [5, 5.41) is 7.67. The molecule has 0 unspecified atom stereocenters. The van der Waals surface area contributed by atoms with Gasteiger partial charge in [-0.05, 0) is 49.4 Å². The van der Waals surface area contributed by atoms with Crippen molar-refractivity contribution in [3.63, 3.8) is 0 Å². The van der Waals surface area contributed by atoms with Crippen LogP contribution in [0.4, 0.5) is 0 Å². The quantitative estimate of drug-likeness (QED) is 0.797. The van der Waals surface area contributed by atoms with Crippen LogP contribution in [0.1, 0.15) is 64.7 Å². The van der Waals surface area contributed by atoms with E-state index in [9.17, 15) is 0 Å². The zero-order valence-electron chi connectivity index (χ0n) is 12.7. The molecule has 0 aromatic rings. The summed E-state index contributed by atoms with van der Waals surface area (Å²) >= 11 is 0. The summed E-state index contributed by atoms with van der Waals surface area (Å²) in [6, 6.07) is 0. The maximum absolute atomic E-state index is 3.84. The normalized spacial score (nSPS) is 42.2. The van der Waals surface area contributed by atoms with Gasteiger partial charge in [0, 0.05) is 13.1 Å². The monoisotopic (exact) mass is 264 g/mol. The summed E-state index contributed by atoms with van der Waals surface area (Å²) in [4.78, 5) is 0. The lowest BCUT2D eigenvalue weighted by molar-refractivity contribution is 0.134. The summed E-state index contributed by atoms with van der Waals surface area (Å²) in [6.07, 6.45) is 13.8. The number of rotatable bonds is 2. The molecule has 3 rings (SSSR count). The van der Waals surface area contributed by atoms with E-state index in [-0.39, 0.29) is 0 Å². The highest BCUT2D eigenvalue weighted by molar-refractivity contribution is 4.87. The van der Waals surface area contributed by atoms with Crippen molar-refractivity contribution in [3.8, 4) is 0 Å². The number of hydrogen-bond donors (Lipinski definition) is 2. The van der Waals surface area contributed by atoms with Crippen molar-refractivity contribution < 1.29 is 0 Å². The Morgan fingerprint density at radius 1 is 0.632 bits per heavy atom. The van der Waals surface area contributed by atoms with Crippen molar-refractivity contribution in [1.82, 2.24) is 10.6 Å². The van der Waals surface area contributed by atoms with Gasteiger partial charge in [-0.1, -0.05) is 39.0 Å². The molecule has 3 fully saturated rings. The van der Waals surface area contributed by atoms with E-state index in [1.807, 2.05) is 0 Å². The van der Waals surface area contributed by atoms with Gasteiger partial charge in [0.15, 0.2) is 0 Å². The van der Waals surface area contributed by atoms with Gasteiger partial charge in [-0.2, -0.15) is 0 Å². The zero-order chi connectivity index (χ0) is 13.1. The van der Waals surface area contributed by atoms with Gasteiger partial charge in [-0.15, -0.1) is 0 Å². The molecule has 2 saturated carbocycles. The van der Waals surface area contributed by atoms with E-state index in [2.05, 4.69) is 17.6 Å². The predicted molar refractivity (Wildman–Crippen MR) is 81.0 cm³/mol. The third-order valence-corrected chi connectivity index (χ3v) is 6.05. The first-order chi connectivity index (χ1) is 9.33. The van der Waals surface area contributed by atoms with Crippen molar-refractivity contribution >= 4 is 0 Å². The first-order valence-electron chi connectivity index (χ1n) is 8.79. The fourth-order valence-electron chi connectivity index (χ4n) is 4.59. The molecule has 1 aliphatic heterocycles. The van der Waals surface area contributed by atoms with Gasteiger partial charge in [-0.3, -0.25) is 0 Å². The van der Waals surface area contributed by atoms with E-state index in [1.54, 1.807) is 0 Å². The van der Waals surface area contributed by atoms with E-state index in [1.165, 1.54) is 70.9 Å². The molecule has 110 valence electrons. The smallest absolute Gasteiger partial charge is 0.0600 e. The average molecular weight is 264 g/mol. The number of nitrogens with one attached hydrogen (secondary N) is 2. The maximum Gasteiger partial charge on any atom is 0.0600 e. The number of hydrogen-bond acceptors (Lipinski definition) is 2.